The fourth-order valence-electron chi connectivity index (χ4n) is 1.20. The normalized spacial score (nSPS) is 9.29. The largest absolute Gasteiger partial charge is 0.396 e. The molecule has 0 aliphatic carbocycles. The predicted octanol–water partition coefficient (Wildman–Crippen LogP) is 2.51. The number of aliphatic hydroxyl groups excluding tert-OH is 1. The van der Waals surface area contributed by atoms with Crippen LogP contribution in [0.2, 0.25) is 0 Å². The van der Waals surface area contributed by atoms with E-state index in [1.807, 2.05) is 18.2 Å². The van der Waals surface area contributed by atoms with Gasteiger partial charge in [-0.2, -0.15) is 0 Å². The van der Waals surface area contributed by atoms with E-state index in [2.05, 4.69) is 24.8 Å². The van der Waals surface area contributed by atoms with Gasteiger partial charge in [-0.05, 0) is 31.4 Å². The molecule has 0 atom stereocenters. The third-order valence-electron chi connectivity index (χ3n) is 2.08. The highest BCUT2D eigenvalue weighted by Crippen LogP contribution is 2.04. The fourth-order valence-corrected chi connectivity index (χ4v) is 1.20. The Labute approximate surface area is 85.8 Å². The zero-order chi connectivity index (χ0) is 10.2. The lowest BCUT2D eigenvalue weighted by atomic mass is 10.1. The van der Waals surface area contributed by atoms with E-state index in [4.69, 9.17) is 5.11 Å². The predicted molar refractivity (Wildman–Crippen MR) is 59.0 cm³/mol. The second kappa shape index (κ2) is 6.23. The van der Waals surface area contributed by atoms with Gasteiger partial charge in [0.25, 0.3) is 0 Å². The Morgan fingerprint density at radius 2 is 2.00 bits per heavy atom. The summed E-state index contributed by atoms with van der Waals surface area (Å²) >= 11 is 0. The summed E-state index contributed by atoms with van der Waals surface area (Å²) in [5, 5.41) is 8.58. The standard InChI is InChI=1S/C13H16O/c1-12-8-5-6-10-13(12)9-4-2-3-7-11-14/h5-6,8,10,14H,2-3,7,11H2,1H3. The summed E-state index contributed by atoms with van der Waals surface area (Å²) in [6.07, 6.45) is 2.70. The molecular formula is C13H16O. The lowest BCUT2D eigenvalue weighted by Crippen LogP contribution is -1.82. The van der Waals surface area contributed by atoms with Gasteiger partial charge in [-0.1, -0.05) is 30.0 Å². The van der Waals surface area contributed by atoms with Crippen molar-refractivity contribution in [1.29, 1.82) is 0 Å². The minimum absolute atomic E-state index is 0.270. The van der Waals surface area contributed by atoms with Crippen LogP contribution in [0.5, 0.6) is 0 Å². The maximum absolute atomic E-state index is 8.58. The van der Waals surface area contributed by atoms with Crippen molar-refractivity contribution in [2.45, 2.75) is 26.2 Å². The maximum atomic E-state index is 8.58. The van der Waals surface area contributed by atoms with E-state index in [-0.39, 0.29) is 6.61 Å². The number of hydrogen-bond donors (Lipinski definition) is 1. The lowest BCUT2D eigenvalue weighted by Gasteiger charge is -1.94. The first-order chi connectivity index (χ1) is 6.84. The van der Waals surface area contributed by atoms with Crippen LogP contribution >= 0.6 is 0 Å². The third-order valence-corrected chi connectivity index (χ3v) is 2.08. The summed E-state index contributed by atoms with van der Waals surface area (Å²) < 4.78 is 0. The van der Waals surface area contributed by atoms with Crippen molar-refractivity contribution in [3.05, 3.63) is 35.4 Å². The van der Waals surface area contributed by atoms with E-state index in [9.17, 15) is 0 Å². The molecule has 0 radical (unpaired) electrons. The van der Waals surface area contributed by atoms with Crippen molar-refractivity contribution in [3.63, 3.8) is 0 Å². The van der Waals surface area contributed by atoms with Crippen LogP contribution in [0, 0.1) is 18.8 Å². The third kappa shape index (κ3) is 3.64. The zero-order valence-corrected chi connectivity index (χ0v) is 8.59. The Morgan fingerprint density at radius 1 is 1.21 bits per heavy atom. The van der Waals surface area contributed by atoms with Gasteiger partial charge < -0.3 is 5.11 Å². The maximum Gasteiger partial charge on any atom is 0.0431 e. The Hall–Kier alpha value is -1.26. The topological polar surface area (TPSA) is 20.2 Å². The van der Waals surface area contributed by atoms with Crippen LogP contribution in [-0.4, -0.2) is 11.7 Å². The first-order valence-corrected chi connectivity index (χ1v) is 5.00. The van der Waals surface area contributed by atoms with Gasteiger partial charge in [0, 0.05) is 18.6 Å². The number of unbranched alkanes of at least 4 members (excludes halogenated alkanes) is 2. The highest BCUT2D eigenvalue weighted by molar-refractivity contribution is 5.40. The minimum Gasteiger partial charge on any atom is -0.396 e. The molecule has 0 aromatic heterocycles. The summed E-state index contributed by atoms with van der Waals surface area (Å²) in [7, 11) is 0. The number of benzene rings is 1. The molecule has 1 aromatic rings. The van der Waals surface area contributed by atoms with Crippen LogP contribution in [0.25, 0.3) is 0 Å². The molecule has 0 aliphatic rings. The van der Waals surface area contributed by atoms with Gasteiger partial charge >= 0.3 is 0 Å². The molecule has 0 unspecified atom stereocenters. The van der Waals surface area contributed by atoms with E-state index < -0.39 is 0 Å². The Kier molecular flexibility index (Phi) is 4.82. The zero-order valence-electron chi connectivity index (χ0n) is 8.59. The molecule has 0 spiro atoms. The van der Waals surface area contributed by atoms with Crippen molar-refractivity contribution < 1.29 is 5.11 Å². The van der Waals surface area contributed by atoms with Crippen LogP contribution in [0.15, 0.2) is 24.3 Å². The Morgan fingerprint density at radius 3 is 2.71 bits per heavy atom. The fraction of sp³-hybridized carbons (Fsp3) is 0.385. The molecule has 14 heavy (non-hydrogen) atoms. The van der Waals surface area contributed by atoms with Crippen molar-refractivity contribution in [3.8, 4) is 11.8 Å². The quantitative estimate of drug-likeness (QED) is 0.571. The van der Waals surface area contributed by atoms with Crippen LogP contribution in [0.3, 0.4) is 0 Å². The number of aliphatic hydroxyl groups is 1. The molecule has 1 N–H and O–H groups in total. The van der Waals surface area contributed by atoms with Crippen molar-refractivity contribution in [1.82, 2.24) is 0 Å². The van der Waals surface area contributed by atoms with Crippen LogP contribution in [0.1, 0.15) is 30.4 Å². The summed E-state index contributed by atoms with van der Waals surface area (Å²) in [4.78, 5) is 0. The van der Waals surface area contributed by atoms with Gasteiger partial charge in [-0.15, -0.1) is 0 Å². The molecule has 0 aliphatic heterocycles. The van der Waals surface area contributed by atoms with Crippen LogP contribution in [-0.2, 0) is 0 Å². The van der Waals surface area contributed by atoms with E-state index in [0.29, 0.717) is 0 Å². The van der Waals surface area contributed by atoms with Crippen molar-refractivity contribution in [2.24, 2.45) is 0 Å². The number of aryl methyl sites for hydroxylation is 1. The van der Waals surface area contributed by atoms with Crippen LogP contribution < -0.4 is 0 Å². The first kappa shape index (κ1) is 10.8. The molecule has 1 nitrogen and oxygen atoms in total. The molecule has 1 rings (SSSR count). The summed E-state index contributed by atoms with van der Waals surface area (Å²) in [6.45, 7) is 2.34. The van der Waals surface area contributed by atoms with Crippen LogP contribution in [0.4, 0.5) is 0 Å². The minimum atomic E-state index is 0.270. The molecule has 0 heterocycles. The smallest absolute Gasteiger partial charge is 0.0431 e. The van der Waals surface area contributed by atoms with Gasteiger partial charge in [-0.3, -0.25) is 0 Å². The highest BCUT2D eigenvalue weighted by atomic mass is 16.2. The SMILES string of the molecule is Cc1ccccc1C#CCCCCO. The average Bonchev–Trinajstić information content (AvgIpc) is 2.20. The van der Waals surface area contributed by atoms with Gasteiger partial charge in [0.05, 0.1) is 0 Å². The molecule has 74 valence electrons. The molecule has 0 saturated carbocycles. The van der Waals surface area contributed by atoms with E-state index in [1.165, 1.54) is 5.56 Å². The summed E-state index contributed by atoms with van der Waals surface area (Å²) in [5.41, 5.74) is 2.33. The molecule has 0 bridgehead atoms. The summed E-state index contributed by atoms with van der Waals surface area (Å²) in [5.74, 6) is 6.26. The molecule has 0 amide bonds. The Balaban J connectivity index is 2.47. The van der Waals surface area contributed by atoms with Gasteiger partial charge in [-0.25, -0.2) is 0 Å². The molecular weight excluding hydrogens is 172 g/mol. The van der Waals surface area contributed by atoms with Crippen molar-refractivity contribution in [2.75, 3.05) is 6.61 Å². The van der Waals surface area contributed by atoms with E-state index in [0.717, 1.165) is 24.8 Å². The highest BCUT2D eigenvalue weighted by Gasteiger charge is 1.89. The van der Waals surface area contributed by atoms with E-state index in [1.54, 1.807) is 0 Å². The lowest BCUT2D eigenvalue weighted by molar-refractivity contribution is 0.285. The number of hydrogen-bond acceptors (Lipinski definition) is 1. The van der Waals surface area contributed by atoms with Gasteiger partial charge in [0.2, 0.25) is 0 Å². The van der Waals surface area contributed by atoms with E-state index >= 15 is 0 Å². The molecule has 0 saturated heterocycles. The van der Waals surface area contributed by atoms with Gasteiger partial charge in [0.1, 0.15) is 0 Å². The molecule has 0 fully saturated rings. The first-order valence-electron chi connectivity index (χ1n) is 5.00. The summed E-state index contributed by atoms with van der Waals surface area (Å²) in [6, 6.07) is 8.13. The average molecular weight is 188 g/mol. The Bertz CT molecular complexity index is 331. The number of rotatable bonds is 3. The second-order valence-electron chi connectivity index (χ2n) is 3.30. The monoisotopic (exact) mass is 188 g/mol. The second-order valence-corrected chi connectivity index (χ2v) is 3.30. The van der Waals surface area contributed by atoms with Gasteiger partial charge in [0.15, 0.2) is 0 Å². The van der Waals surface area contributed by atoms with Crippen molar-refractivity contribution >= 4 is 0 Å². The molecule has 1 aromatic carbocycles. The molecule has 1 heteroatoms.